The van der Waals surface area contributed by atoms with E-state index in [2.05, 4.69) is 10.3 Å². The SMILES string of the molecule is OC(CNc1nccc2occc12)C(F)(F)F. The summed E-state index contributed by atoms with van der Waals surface area (Å²) >= 11 is 0. The lowest BCUT2D eigenvalue weighted by Crippen LogP contribution is -2.35. The topological polar surface area (TPSA) is 58.3 Å². The molecule has 17 heavy (non-hydrogen) atoms. The predicted octanol–water partition coefficient (Wildman–Crippen LogP) is 2.16. The number of hydrogen-bond acceptors (Lipinski definition) is 4. The molecule has 0 saturated heterocycles. The molecule has 0 amide bonds. The van der Waals surface area contributed by atoms with Gasteiger partial charge < -0.3 is 14.8 Å². The highest BCUT2D eigenvalue weighted by Crippen LogP contribution is 2.23. The lowest BCUT2D eigenvalue weighted by Gasteiger charge is -2.15. The fraction of sp³-hybridized carbons (Fsp3) is 0.300. The first-order valence-electron chi connectivity index (χ1n) is 4.79. The number of anilines is 1. The van der Waals surface area contributed by atoms with Gasteiger partial charge in [-0.25, -0.2) is 4.98 Å². The molecule has 0 aliphatic heterocycles. The Morgan fingerprint density at radius 1 is 1.41 bits per heavy atom. The van der Waals surface area contributed by atoms with E-state index in [-0.39, 0.29) is 5.82 Å². The number of furan rings is 1. The van der Waals surface area contributed by atoms with Gasteiger partial charge >= 0.3 is 6.18 Å². The molecule has 2 aromatic heterocycles. The summed E-state index contributed by atoms with van der Waals surface area (Å²) in [5.74, 6) is 0.250. The number of fused-ring (bicyclic) bond motifs is 1. The molecule has 0 saturated carbocycles. The van der Waals surface area contributed by atoms with Crippen LogP contribution in [-0.4, -0.2) is 28.9 Å². The molecule has 0 bridgehead atoms. The number of halogens is 3. The summed E-state index contributed by atoms with van der Waals surface area (Å²) in [4.78, 5) is 3.88. The molecular formula is C10H9F3N2O2. The Morgan fingerprint density at radius 3 is 2.88 bits per heavy atom. The molecule has 1 atom stereocenters. The van der Waals surface area contributed by atoms with Gasteiger partial charge in [0.1, 0.15) is 11.4 Å². The van der Waals surface area contributed by atoms with E-state index in [0.29, 0.717) is 11.0 Å². The second kappa shape index (κ2) is 4.25. The lowest BCUT2D eigenvalue weighted by atomic mass is 10.3. The molecule has 7 heteroatoms. The Kier molecular flexibility index (Phi) is 2.93. The van der Waals surface area contributed by atoms with Gasteiger partial charge in [0.05, 0.1) is 18.2 Å². The van der Waals surface area contributed by atoms with Gasteiger partial charge in [0.25, 0.3) is 0 Å². The van der Waals surface area contributed by atoms with Crippen LogP contribution in [0.2, 0.25) is 0 Å². The Morgan fingerprint density at radius 2 is 2.18 bits per heavy atom. The maximum Gasteiger partial charge on any atom is 0.416 e. The van der Waals surface area contributed by atoms with Crippen molar-refractivity contribution in [2.75, 3.05) is 11.9 Å². The molecule has 0 aromatic carbocycles. The summed E-state index contributed by atoms with van der Waals surface area (Å²) in [7, 11) is 0. The van der Waals surface area contributed by atoms with Crippen LogP contribution in [0.15, 0.2) is 29.0 Å². The van der Waals surface area contributed by atoms with Crippen LogP contribution in [0.1, 0.15) is 0 Å². The van der Waals surface area contributed by atoms with E-state index in [1.807, 2.05) is 0 Å². The highest BCUT2D eigenvalue weighted by Gasteiger charge is 2.37. The molecule has 4 nitrogen and oxygen atoms in total. The van der Waals surface area contributed by atoms with Crippen LogP contribution in [-0.2, 0) is 0 Å². The zero-order chi connectivity index (χ0) is 12.5. The second-order valence-corrected chi connectivity index (χ2v) is 3.43. The second-order valence-electron chi connectivity index (χ2n) is 3.43. The first-order valence-corrected chi connectivity index (χ1v) is 4.79. The standard InChI is InChI=1S/C10H9F3N2O2/c11-10(12,13)8(16)5-15-9-6-2-4-17-7(6)1-3-14-9/h1-4,8,16H,5H2,(H,14,15). The number of alkyl halides is 3. The highest BCUT2D eigenvalue weighted by molar-refractivity contribution is 5.87. The van der Waals surface area contributed by atoms with Gasteiger partial charge in [0.15, 0.2) is 6.10 Å². The van der Waals surface area contributed by atoms with Crippen LogP contribution in [0, 0.1) is 0 Å². The maximum absolute atomic E-state index is 12.1. The Bertz CT molecular complexity index is 509. The minimum absolute atomic E-state index is 0.250. The molecular weight excluding hydrogens is 237 g/mol. The van der Waals surface area contributed by atoms with Crippen LogP contribution in [0.3, 0.4) is 0 Å². The van der Waals surface area contributed by atoms with Crippen LogP contribution < -0.4 is 5.32 Å². The minimum atomic E-state index is -4.64. The molecule has 1 unspecified atom stereocenters. The number of nitrogens with zero attached hydrogens (tertiary/aromatic N) is 1. The number of aromatic nitrogens is 1. The first kappa shape index (κ1) is 11.7. The lowest BCUT2D eigenvalue weighted by molar-refractivity contribution is -0.198. The number of nitrogens with one attached hydrogen (secondary N) is 1. The predicted molar refractivity (Wildman–Crippen MR) is 54.6 cm³/mol. The van der Waals surface area contributed by atoms with Gasteiger partial charge in [-0.2, -0.15) is 13.2 Å². The largest absolute Gasteiger partial charge is 0.464 e. The summed E-state index contributed by atoms with van der Waals surface area (Å²) < 4.78 is 41.3. The minimum Gasteiger partial charge on any atom is -0.464 e. The quantitative estimate of drug-likeness (QED) is 0.871. The number of hydrogen-bond donors (Lipinski definition) is 2. The molecule has 0 aliphatic rings. The van der Waals surface area contributed by atoms with Crippen molar-refractivity contribution in [2.45, 2.75) is 12.3 Å². The van der Waals surface area contributed by atoms with Gasteiger partial charge in [0.2, 0.25) is 0 Å². The van der Waals surface area contributed by atoms with Crippen LogP contribution in [0.5, 0.6) is 0 Å². The van der Waals surface area contributed by atoms with Gasteiger partial charge in [-0.05, 0) is 12.1 Å². The van der Waals surface area contributed by atoms with Crippen molar-refractivity contribution in [1.82, 2.24) is 4.98 Å². The van der Waals surface area contributed by atoms with Gasteiger partial charge in [-0.3, -0.25) is 0 Å². The summed E-state index contributed by atoms with van der Waals surface area (Å²) in [6.45, 7) is -0.652. The summed E-state index contributed by atoms with van der Waals surface area (Å²) in [6.07, 6.45) is -4.24. The van der Waals surface area contributed by atoms with E-state index >= 15 is 0 Å². The van der Waals surface area contributed by atoms with Crippen molar-refractivity contribution >= 4 is 16.8 Å². The molecule has 2 heterocycles. The van der Waals surface area contributed by atoms with Crippen molar-refractivity contribution in [3.05, 3.63) is 24.6 Å². The number of aliphatic hydroxyl groups is 1. The normalized spacial score (nSPS) is 13.9. The molecule has 2 aromatic rings. The molecule has 0 radical (unpaired) electrons. The average molecular weight is 246 g/mol. The summed E-state index contributed by atoms with van der Waals surface area (Å²) in [6, 6.07) is 3.19. The summed E-state index contributed by atoms with van der Waals surface area (Å²) in [5.41, 5.74) is 0.518. The first-order chi connectivity index (χ1) is 7.98. The molecule has 92 valence electrons. The average Bonchev–Trinajstić information content (AvgIpc) is 2.72. The monoisotopic (exact) mass is 246 g/mol. The van der Waals surface area contributed by atoms with Gasteiger partial charge in [0, 0.05) is 6.20 Å². The number of aliphatic hydroxyl groups excluding tert-OH is 1. The van der Waals surface area contributed by atoms with Gasteiger partial charge in [-0.15, -0.1) is 0 Å². The Labute approximate surface area is 94.1 Å². The third kappa shape index (κ3) is 2.50. The van der Waals surface area contributed by atoms with E-state index < -0.39 is 18.8 Å². The molecule has 0 fully saturated rings. The van der Waals surface area contributed by atoms with Crippen LogP contribution in [0.4, 0.5) is 19.0 Å². The van der Waals surface area contributed by atoms with Crippen molar-refractivity contribution < 1.29 is 22.7 Å². The summed E-state index contributed by atoms with van der Waals surface area (Å²) in [5, 5.41) is 11.8. The Hall–Kier alpha value is -1.76. The molecule has 2 rings (SSSR count). The van der Waals surface area contributed by atoms with E-state index in [0.717, 1.165) is 0 Å². The smallest absolute Gasteiger partial charge is 0.416 e. The molecule has 0 spiro atoms. The zero-order valence-electron chi connectivity index (χ0n) is 8.53. The highest BCUT2D eigenvalue weighted by atomic mass is 19.4. The van der Waals surface area contributed by atoms with Crippen molar-refractivity contribution in [3.63, 3.8) is 0 Å². The van der Waals surface area contributed by atoms with Crippen molar-refractivity contribution in [2.24, 2.45) is 0 Å². The third-order valence-electron chi connectivity index (χ3n) is 2.22. The fourth-order valence-corrected chi connectivity index (χ4v) is 1.34. The van der Waals surface area contributed by atoms with E-state index in [9.17, 15) is 13.2 Å². The third-order valence-corrected chi connectivity index (χ3v) is 2.22. The van der Waals surface area contributed by atoms with E-state index in [4.69, 9.17) is 9.52 Å². The number of rotatable bonds is 3. The van der Waals surface area contributed by atoms with Crippen LogP contribution in [0.25, 0.3) is 11.0 Å². The molecule has 0 aliphatic carbocycles. The van der Waals surface area contributed by atoms with Crippen molar-refractivity contribution in [3.8, 4) is 0 Å². The van der Waals surface area contributed by atoms with Crippen molar-refractivity contribution in [1.29, 1.82) is 0 Å². The van der Waals surface area contributed by atoms with E-state index in [1.165, 1.54) is 12.5 Å². The maximum atomic E-state index is 12.1. The van der Waals surface area contributed by atoms with Crippen LogP contribution >= 0.6 is 0 Å². The Balaban J connectivity index is 2.12. The van der Waals surface area contributed by atoms with Gasteiger partial charge in [-0.1, -0.05) is 0 Å². The van der Waals surface area contributed by atoms with E-state index in [1.54, 1.807) is 12.1 Å². The zero-order valence-corrected chi connectivity index (χ0v) is 8.53. The fourth-order valence-electron chi connectivity index (χ4n) is 1.34. The molecule has 2 N–H and O–H groups in total. The number of pyridine rings is 1.